The molecule has 0 fully saturated rings. The van der Waals surface area contributed by atoms with Crippen LogP contribution >= 0.6 is 0 Å². The molecule has 0 saturated heterocycles. The molecule has 1 heterocycles. The van der Waals surface area contributed by atoms with Gasteiger partial charge in [0.25, 0.3) is 0 Å². The molecule has 2 unspecified atom stereocenters. The molecule has 1 aromatic carbocycles. The van der Waals surface area contributed by atoms with Gasteiger partial charge >= 0.3 is 0 Å². The second kappa shape index (κ2) is 6.12. The molecule has 110 valence electrons. The van der Waals surface area contributed by atoms with Crippen molar-refractivity contribution in [1.29, 1.82) is 0 Å². The minimum atomic E-state index is -0.0402. The smallest absolute Gasteiger partial charge is 0.228 e. The van der Waals surface area contributed by atoms with Gasteiger partial charge in [0.05, 0.1) is 12.0 Å². The summed E-state index contributed by atoms with van der Waals surface area (Å²) in [5.74, 6) is 0.916. The summed E-state index contributed by atoms with van der Waals surface area (Å²) >= 11 is 0. The quantitative estimate of drug-likeness (QED) is 0.906. The van der Waals surface area contributed by atoms with Crippen molar-refractivity contribution >= 4 is 5.91 Å². The van der Waals surface area contributed by atoms with Crippen molar-refractivity contribution in [2.45, 2.75) is 44.6 Å². The summed E-state index contributed by atoms with van der Waals surface area (Å²) in [5.41, 5.74) is 2.51. The minimum Gasteiger partial charge on any atom is -0.347 e. The van der Waals surface area contributed by atoms with E-state index < -0.39 is 0 Å². The molecular formula is C17H21N3O. The van der Waals surface area contributed by atoms with Gasteiger partial charge < -0.3 is 10.3 Å². The summed E-state index contributed by atoms with van der Waals surface area (Å²) in [6.45, 7) is 2.06. The zero-order valence-electron chi connectivity index (χ0n) is 12.3. The second-order valence-electron chi connectivity index (χ2n) is 5.59. The Morgan fingerprint density at radius 1 is 1.48 bits per heavy atom. The summed E-state index contributed by atoms with van der Waals surface area (Å²) in [6.07, 6.45) is 7.42. The van der Waals surface area contributed by atoms with Crippen LogP contribution in [0.15, 0.2) is 36.7 Å². The number of hydrogen-bond donors (Lipinski definition) is 2. The van der Waals surface area contributed by atoms with Crippen molar-refractivity contribution in [3.05, 3.63) is 53.6 Å². The molecule has 1 aliphatic rings. The normalized spacial score (nSPS) is 18.8. The summed E-state index contributed by atoms with van der Waals surface area (Å²) < 4.78 is 0. The van der Waals surface area contributed by atoms with E-state index in [9.17, 15) is 4.79 Å². The summed E-state index contributed by atoms with van der Waals surface area (Å²) in [5, 5.41) is 3.15. The number of fused-ring (bicyclic) bond motifs is 1. The Labute approximate surface area is 125 Å². The highest BCUT2D eigenvalue weighted by Crippen LogP contribution is 2.32. The average molecular weight is 283 g/mol. The molecule has 4 heteroatoms. The summed E-state index contributed by atoms with van der Waals surface area (Å²) in [6, 6.07) is 8.26. The molecule has 0 bridgehead atoms. The zero-order valence-corrected chi connectivity index (χ0v) is 12.3. The van der Waals surface area contributed by atoms with E-state index in [0.29, 0.717) is 0 Å². The van der Waals surface area contributed by atoms with Crippen LogP contribution in [0.1, 0.15) is 55.1 Å². The van der Waals surface area contributed by atoms with Gasteiger partial charge in [-0.05, 0) is 36.8 Å². The SMILES string of the molecule is CCC(NC(=O)C1CCCc2ccccc21)c1ncc[nH]1. The fourth-order valence-electron chi connectivity index (χ4n) is 3.13. The molecule has 1 amide bonds. The van der Waals surface area contributed by atoms with Gasteiger partial charge in [-0.2, -0.15) is 0 Å². The van der Waals surface area contributed by atoms with E-state index in [4.69, 9.17) is 0 Å². The topological polar surface area (TPSA) is 57.8 Å². The van der Waals surface area contributed by atoms with Crippen molar-refractivity contribution < 1.29 is 4.79 Å². The molecule has 0 saturated carbocycles. The van der Waals surface area contributed by atoms with Gasteiger partial charge in [-0.25, -0.2) is 4.98 Å². The molecule has 4 nitrogen and oxygen atoms in total. The molecule has 2 atom stereocenters. The lowest BCUT2D eigenvalue weighted by molar-refractivity contribution is -0.123. The van der Waals surface area contributed by atoms with Gasteiger partial charge in [-0.1, -0.05) is 31.2 Å². The largest absolute Gasteiger partial charge is 0.347 e. The number of hydrogen-bond acceptors (Lipinski definition) is 2. The molecule has 21 heavy (non-hydrogen) atoms. The molecule has 2 aromatic rings. The van der Waals surface area contributed by atoms with Crippen LogP contribution in [0.5, 0.6) is 0 Å². The Hall–Kier alpha value is -2.10. The third kappa shape index (κ3) is 2.84. The summed E-state index contributed by atoms with van der Waals surface area (Å²) in [4.78, 5) is 20.0. The number of carbonyl (C=O) groups is 1. The Bertz CT molecular complexity index is 606. The number of imidazole rings is 1. The number of aromatic nitrogens is 2. The van der Waals surface area contributed by atoms with Crippen molar-refractivity contribution in [1.82, 2.24) is 15.3 Å². The van der Waals surface area contributed by atoms with Gasteiger partial charge in [-0.3, -0.25) is 4.79 Å². The highest BCUT2D eigenvalue weighted by atomic mass is 16.1. The highest BCUT2D eigenvalue weighted by Gasteiger charge is 2.28. The number of aromatic amines is 1. The van der Waals surface area contributed by atoms with Crippen molar-refractivity contribution in [3.63, 3.8) is 0 Å². The van der Waals surface area contributed by atoms with Crippen LogP contribution in [0, 0.1) is 0 Å². The summed E-state index contributed by atoms with van der Waals surface area (Å²) in [7, 11) is 0. The predicted molar refractivity (Wildman–Crippen MR) is 81.9 cm³/mol. The van der Waals surface area contributed by atoms with Crippen LogP contribution in [0.3, 0.4) is 0 Å². The lowest BCUT2D eigenvalue weighted by Crippen LogP contribution is -2.34. The van der Waals surface area contributed by atoms with Gasteiger partial charge in [-0.15, -0.1) is 0 Å². The Kier molecular flexibility index (Phi) is 4.04. The first kappa shape index (κ1) is 13.9. The molecule has 0 spiro atoms. The fraction of sp³-hybridized carbons (Fsp3) is 0.412. The van der Waals surface area contributed by atoms with Crippen LogP contribution < -0.4 is 5.32 Å². The third-order valence-electron chi connectivity index (χ3n) is 4.26. The maximum absolute atomic E-state index is 12.7. The van der Waals surface area contributed by atoms with Crippen LogP contribution in [0.25, 0.3) is 0 Å². The first-order chi connectivity index (χ1) is 10.3. The fourth-order valence-corrected chi connectivity index (χ4v) is 3.13. The highest BCUT2D eigenvalue weighted by molar-refractivity contribution is 5.84. The zero-order chi connectivity index (χ0) is 14.7. The van der Waals surface area contributed by atoms with Crippen LogP contribution in [0.4, 0.5) is 0 Å². The van der Waals surface area contributed by atoms with Crippen molar-refractivity contribution in [2.24, 2.45) is 0 Å². The number of nitrogens with one attached hydrogen (secondary N) is 2. The second-order valence-corrected chi connectivity index (χ2v) is 5.59. The monoisotopic (exact) mass is 283 g/mol. The number of amides is 1. The average Bonchev–Trinajstić information content (AvgIpc) is 3.06. The van der Waals surface area contributed by atoms with Gasteiger partial charge in [0.1, 0.15) is 5.82 Å². The van der Waals surface area contributed by atoms with E-state index in [0.717, 1.165) is 31.5 Å². The Morgan fingerprint density at radius 2 is 2.33 bits per heavy atom. The standard InChI is InChI=1S/C17H21N3O/c1-2-15(16-18-10-11-19-16)20-17(21)14-9-5-7-12-6-3-4-8-13(12)14/h3-4,6,8,10-11,14-15H,2,5,7,9H2,1H3,(H,18,19)(H,20,21). The molecule has 3 rings (SSSR count). The van der Waals surface area contributed by atoms with Crippen molar-refractivity contribution in [3.8, 4) is 0 Å². The number of benzene rings is 1. The maximum atomic E-state index is 12.7. The Morgan fingerprint density at radius 3 is 3.10 bits per heavy atom. The molecule has 0 aliphatic heterocycles. The molecule has 2 N–H and O–H groups in total. The molecule has 1 aromatic heterocycles. The van der Waals surface area contributed by atoms with E-state index in [1.165, 1.54) is 11.1 Å². The minimum absolute atomic E-state index is 0.0287. The number of rotatable bonds is 4. The van der Waals surface area contributed by atoms with Gasteiger partial charge in [0.2, 0.25) is 5.91 Å². The first-order valence-corrected chi connectivity index (χ1v) is 7.67. The number of H-pyrrole nitrogens is 1. The molecular weight excluding hydrogens is 262 g/mol. The first-order valence-electron chi connectivity index (χ1n) is 7.67. The maximum Gasteiger partial charge on any atom is 0.228 e. The van der Waals surface area contributed by atoms with Crippen LogP contribution in [-0.4, -0.2) is 15.9 Å². The van der Waals surface area contributed by atoms with Gasteiger partial charge in [0, 0.05) is 12.4 Å². The van der Waals surface area contributed by atoms with Gasteiger partial charge in [0.15, 0.2) is 0 Å². The van der Waals surface area contributed by atoms with Crippen molar-refractivity contribution in [2.75, 3.05) is 0 Å². The van der Waals surface area contributed by atoms with E-state index >= 15 is 0 Å². The number of nitrogens with zero attached hydrogens (tertiary/aromatic N) is 1. The van der Waals surface area contributed by atoms with E-state index in [-0.39, 0.29) is 17.9 Å². The molecule has 1 aliphatic carbocycles. The lowest BCUT2D eigenvalue weighted by atomic mass is 9.82. The van der Waals surface area contributed by atoms with E-state index in [2.05, 4.69) is 40.4 Å². The third-order valence-corrected chi connectivity index (χ3v) is 4.26. The number of aryl methyl sites for hydroxylation is 1. The van der Waals surface area contributed by atoms with Crippen LogP contribution in [0.2, 0.25) is 0 Å². The Balaban J connectivity index is 1.77. The lowest BCUT2D eigenvalue weighted by Gasteiger charge is -2.26. The molecule has 0 radical (unpaired) electrons. The number of carbonyl (C=O) groups excluding carboxylic acids is 1. The van der Waals surface area contributed by atoms with E-state index in [1.54, 1.807) is 12.4 Å². The predicted octanol–water partition coefficient (Wildman–Crippen LogP) is 3.10. The van der Waals surface area contributed by atoms with E-state index in [1.807, 2.05) is 6.07 Å². The van der Waals surface area contributed by atoms with Crippen LogP contribution in [-0.2, 0) is 11.2 Å².